The van der Waals surface area contributed by atoms with Crippen molar-refractivity contribution in [1.29, 1.82) is 5.26 Å². The molecule has 22 heavy (non-hydrogen) atoms. The van der Waals surface area contributed by atoms with Crippen molar-refractivity contribution < 1.29 is 4.79 Å². The number of hydrogen-bond acceptors (Lipinski definition) is 6. The normalized spacial score (nSPS) is 21.1. The number of halogens is 1. The molecule has 0 radical (unpaired) electrons. The number of nitriles is 1. The molecule has 118 valence electrons. The van der Waals surface area contributed by atoms with Gasteiger partial charge in [0.25, 0.3) is 0 Å². The predicted molar refractivity (Wildman–Crippen MR) is 89.2 cm³/mol. The van der Waals surface area contributed by atoms with E-state index in [2.05, 4.69) is 21.3 Å². The molecule has 1 N–H and O–H groups in total. The molecule has 2 aliphatic heterocycles. The van der Waals surface area contributed by atoms with E-state index in [4.69, 9.17) is 5.26 Å². The Bertz CT molecular complexity index is 565. The lowest BCUT2D eigenvalue weighted by Crippen LogP contribution is -2.53. The quantitative estimate of drug-likeness (QED) is 0.854. The molecule has 1 atom stereocenters. The van der Waals surface area contributed by atoms with Crippen LogP contribution < -0.4 is 10.2 Å². The first-order chi connectivity index (χ1) is 10.3. The molecule has 0 spiro atoms. The van der Waals surface area contributed by atoms with Gasteiger partial charge in [-0.15, -0.1) is 24.2 Å². The Morgan fingerprint density at radius 2 is 2.18 bits per heavy atom. The van der Waals surface area contributed by atoms with Gasteiger partial charge in [-0.1, -0.05) is 0 Å². The van der Waals surface area contributed by atoms with Gasteiger partial charge >= 0.3 is 0 Å². The maximum absolute atomic E-state index is 12.3. The minimum Gasteiger partial charge on any atom is -0.353 e. The van der Waals surface area contributed by atoms with Crippen molar-refractivity contribution in [2.45, 2.75) is 6.04 Å². The summed E-state index contributed by atoms with van der Waals surface area (Å²) in [5, 5.41) is 12.2. The third kappa shape index (κ3) is 3.64. The Labute approximate surface area is 140 Å². The lowest BCUT2D eigenvalue weighted by atomic mass is 10.2. The second kappa shape index (κ2) is 7.68. The summed E-state index contributed by atoms with van der Waals surface area (Å²) in [7, 11) is 0. The van der Waals surface area contributed by atoms with E-state index in [1.807, 2.05) is 4.90 Å². The van der Waals surface area contributed by atoms with Crippen LogP contribution in [0.4, 0.5) is 5.82 Å². The molecule has 0 saturated carbocycles. The first-order valence-corrected chi connectivity index (χ1v) is 8.14. The Morgan fingerprint density at radius 1 is 1.41 bits per heavy atom. The number of carbonyl (C=O) groups is 1. The standard InChI is InChI=1S/C14H17N5OS.ClH/c15-8-11-1-2-16-13(7-11)18-3-5-19(6-4-18)14(20)12-9-21-10-17-12;/h1-2,7,12,17H,3-6,9-10H2;1H. The van der Waals surface area contributed by atoms with E-state index in [0.29, 0.717) is 18.7 Å². The van der Waals surface area contributed by atoms with E-state index >= 15 is 0 Å². The van der Waals surface area contributed by atoms with Gasteiger partial charge in [0.05, 0.1) is 17.7 Å². The number of carbonyl (C=O) groups excluding carboxylic acids is 1. The maximum Gasteiger partial charge on any atom is 0.240 e. The summed E-state index contributed by atoms with van der Waals surface area (Å²) in [5.74, 6) is 2.75. The van der Waals surface area contributed by atoms with Gasteiger partial charge in [-0.3, -0.25) is 10.1 Å². The van der Waals surface area contributed by atoms with E-state index in [1.165, 1.54) is 0 Å². The predicted octanol–water partition coefficient (Wildman–Crippen LogP) is 0.686. The van der Waals surface area contributed by atoms with Gasteiger partial charge in [0.1, 0.15) is 5.82 Å². The van der Waals surface area contributed by atoms with Crippen LogP contribution in [0, 0.1) is 11.3 Å². The summed E-state index contributed by atoms with van der Waals surface area (Å²) in [6, 6.07) is 5.60. The van der Waals surface area contributed by atoms with Gasteiger partial charge < -0.3 is 9.80 Å². The molecule has 6 nitrogen and oxygen atoms in total. The van der Waals surface area contributed by atoms with Crippen molar-refractivity contribution in [2.75, 3.05) is 42.7 Å². The van der Waals surface area contributed by atoms with E-state index in [-0.39, 0.29) is 24.4 Å². The van der Waals surface area contributed by atoms with Crippen LogP contribution in [0.15, 0.2) is 18.3 Å². The fourth-order valence-electron chi connectivity index (χ4n) is 2.59. The molecule has 3 heterocycles. The summed E-state index contributed by atoms with van der Waals surface area (Å²) in [5.41, 5.74) is 0.616. The van der Waals surface area contributed by atoms with Gasteiger partial charge in [0.15, 0.2) is 0 Å². The molecule has 1 aromatic rings. The number of nitrogens with one attached hydrogen (secondary N) is 1. The van der Waals surface area contributed by atoms with Crippen molar-refractivity contribution in [1.82, 2.24) is 15.2 Å². The number of hydrogen-bond donors (Lipinski definition) is 1. The van der Waals surface area contributed by atoms with Crippen molar-refractivity contribution >= 4 is 35.9 Å². The van der Waals surface area contributed by atoms with Crippen molar-refractivity contribution in [2.24, 2.45) is 0 Å². The number of thioether (sulfide) groups is 1. The molecule has 8 heteroatoms. The summed E-state index contributed by atoms with van der Waals surface area (Å²) >= 11 is 1.77. The number of amides is 1. The topological polar surface area (TPSA) is 72.3 Å². The number of rotatable bonds is 2. The molecular formula is C14H18ClN5OS. The largest absolute Gasteiger partial charge is 0.353 e. The van der Waals surface area contributed by atoms with Gasteiger partial charge in [0, 0.05) is 44.0 Å². The lowest BCUT2D eigenvalue weighted by Gasteiger charge is -2.36. The molecule has 2 fully saturated rings. The molecule has 3 rings (SSSR count). The van der Waals surface area contributed by atoms with Crippen LogP contribution in [0.1, 0.15) is 5.56 Å². The van der Waals surface area contributed by atoms with Gasteiger partial charge in [0.2, 0.25) is 5.91 Å². The molecule has 0 aliphatic carbocycles. The average molecular weight is 340 g/mol. The van der Waals surface area contributed by atoms with E-state index in [0.717, 1.165) is 30.5 Å². The highest BCUT2D eigenvalue weighted by molar-refractivity contribution is 7.99. The summed E-state index contributed by atoms with van der Waals surface area (Å²) in [6.45, 7) is 2.93. The third-order valence-electron chi connectivity index (χ3n) is 3.80. The third-order valence-corrected chi connectivity index (χ3v) is 4.74. The Hall–Kier alpha value is -1.49. The van der Waals surface area contributed by atoms with Gasteiger partial charge in [-0.05, 0) is 12.1 Å². The monoisotopic (exact) mass is 339 g/mol. The summed E-state index contributed by atoms with van der Waals surface area (Å²) in [6.07, 6.45) is 1.66. The Kier molecular flexibility index (Phi) is 5.89. The van der Waals surface area contributed by atoms with Gasteiger partial charge in [-0.2, -0.15) is 5.26 Å². The highest BCUT2D eigenvalue weighted by Crippen LogP contribution is 2.17. The molecule has 0 aromatic carbocycles. The summed E-state index contributed by atoms with van der Waals surface area (Å²) < 4.78 is 0. The lowest BCUT2D eigenvalue weighted by molar-refractivity contribution is -0.132. The number of anilines is 1. The van der Waals surface area contributed by atoms with Crippen LogP contribution in [0.25, 0.3) is 0 Å². The zero-order valence-electron chi connectivity index (χ0n) is 12.1. The Morgan fingerprint density at radius 3 is 2.82 bits per heavy atom. The maximum atomic E-state index is 12.3. The number of piperazine rings is 1. The highest BCUT2D eigenvalue weighted by Gasteiger charge is 2.29. The van der Waals surface area contributed by atoms with Crippen LogP contribution in [-0.4, -0.2) is 59.6 Å². The average Bonchev–Trinajstić information content (AvgIpc) is 3.09. The van der Waals surface area contributed by atoms with Crippen LogP contribution >= 0.6 is 24.2 Å². The molecule has 1 amide bonds. The fourth-order valence-corrected chi connectivity index (χ4v) is 3.52. The fraction of sp³-hybridized carbons (Fsp3) is 0.500. The van der Waals surface area contributed by atoms with Crippen LogP contribution in [0.2, 0.25) is 0 Å². The molecule has 1 unspecified atom stereocenters. The molecule has 2 saturated heterocycles. The molecule has 0 bridgehead atoms. The minimum absolute atomic E-state index is 0. The number of aromatic nitrogens is 1. The zero-order valence-corrected chi connectivity index (χ0v) is 13.7. The second-order valence-corrected chi connectivity index (χ2v) is 6.13. The van der Waals surface area contributed by atoms with Gasteiger partial charge in [-0.25, -0.2) is 4.98 Å². The summed E-state index contributed by atoms with van der Waals surface area (Å²) in [4.78, 5) is 20.7. The molecule has 1 aromatic heterocycles. The van der Waals surface area contributed by atoms with Crippen LogP contribution in [0.3, 0.4) is 0 Å². The zero-order chi connectivity index (χ0) is 14.7. The number of nitrogens with zero attached hydrogens (tertiary/aromatic N) is 4. The Balaban J connectivity index is 0.00000176. The van der Waals surface area contributed by atoms with E-state index < -0.39 is 0 Å². The van der Waals surface area contributed by atoms with E-state index in [1.54, 1.807) is 30.1 Å². The SMILES string of the molecule is Cl.N#Cc1ccnc(N2CCN(C(=O)C3CSCN3)CC2)c1. The van der Waals surface area contributed by atoms with E-state index in [9.17, 15) is 4.79 Å². The first kappa shape index (κ1) is 16.9. The molecular weight excluding hydrogens is 322 g/mol. The first-order valence-electron chi connectivity index (χ1n) is 6.99. The highest BCUT2D eigenvalue weighted by atomic mass is 35.5. The number of pyridine rings is 1. The molecule has 2 aliphatic rings. The minimum atomic E-state index is -0.0263. The van der Waals surface area contributed by atoms with Crippen LogP contribution in [-0.2, 0) is 4.79 Å². The van der Waals surface area contributed by atoms with Crippen LogP contribution in [0.5, 0.6) is 0 Å². The second-order valence-electron chi connectivity index (χ2n) is 5.10. The van der Waals surface area contributed by atoms with Crippen molar-refractivity contribution in [3.05, 3.63) is 23.9 Å². The van der Waals surface area contributed by atoms with Crippen molar-refractivity contribution in [3.63, 3.8) is 0 Å². The smallest absolute Gasteiger partial charge is 0.240 e. The van der Waals surface area contributed by atoms with Crippen molar-refractivity contribution in [3.8, 4) is 6.07 Å².